The fraction of sp³-hybridized carbons (Fsp3) is 0.364. The van der Waals surface area contributed by atoms with Gasteiger partial charge in [0.15, 0.2) is 0 Å². The van der Waals surface area contributed by atoms with Crippen molar-refractivity contribution in [1.82, 2.24) is 15.5 Å². The van der Waals surface area contributed by atoms with E-state index >= 15 is 0 Å². The van der Waals surface area contributed by atoms with Crippen molar-refractivity contribution >= 4 is 0 Å². The van der Waals surface area contributed by atoms with Crippen LogP contribution in [-0.2, 0) is 6.42 Å². The number of likely N-dealkylation sites (N-methyl/N-ethyl adjacent to an activating group) is 1. The summed E-state index contributed by atoms with van der Waals surface area (Å²) in [6, 6.07) is 3.94. The van der Waals surface area contributed by atoms with E-state index < -0.39 is 0 Å². The molecule has 0 aliphatic rings. The summed E-state index contributed by atoms with van der Waals surface area (Å²) in [5.74, 6) is 1.80. The second-order valence-corrected chi connectivity index (χ2v) is 3.53. The van der Waals surface area contributed by atoms with Crippen molar-refractivity contribution in [2.75, 3.05) is 13.6 Å². The molecule has 0 radical (unpaired) electrons. The summed E-state index contributed by atoms with van der Waals surface area (Å²) in [6.07, 6.45) is 2.73. The van der Waals surface area contributed by atoms with Crippen LogP contribution in [0.25, 0.3) is 11.3 Å². The third kappa shape index (κ3) is 2.10. The highest BCUT2D eigenvalue weighted by Gasteiger charge is 2.10. The van der Waals surface area contributed by atoms with Gasteiger partial charge in [0, 0.05) is 18.7 Å². The maximum absolute atomic E-state index is 5.57. The Morgan fingerprint density at radius 1 is 1.47 bits per heavy atom. The molecule has 0 bridgehead atoms. The normalized spacial score (nSPS) is 10.8. The first-order chi connectivity index (χ1) is 7.31. The molecule has 0 aromatic carbocycles. The van der Waals surface area contributed by atoms with Gasteiger partial charge in [-0.3, -0.25) is 5.10 Å². The minimum atomic E-state index is 0.882. The number of aryl methyl sites for hydroxylation is 1. The highest BCUT2D eigenvalue weighted by atomic mass is 16.3. The Balaban J connectivity index is 2.24. The van der Waals surface area contributed by atoms with E-state index in [1.54, 1.807) is 0 Å². The Morgan fingerprint density at radius 3 is 3.00 bits per heavy atom. The highest BCUT2D eigenvalue weighted by Crippen LogP contribution is 2.24. The van der Waals surface area contributed by atoms with Crippen LogP contribution in [0, 0.1) is 6.92 Å². The van der Waals surface area contributed by atoms with Crippen molar-refractivity contribution in [2.45, 2.75) is 13.3 Å². The number of aromatic amines is 1. The van der Waals surface area contributed by atoms with Crippen LogP contribution in [0.2, 0.25) is 0 Å². The van der Waals surface area contributed by atoms with Gasteiger partial charge in [-0.05, 0) is 26.1 Å². The minimum absolute atomic E-state index is 0.882. The molecule has 2 rings (SSSR count). The van der Waals surface area contributed by atoms with E-state index in [1.165, 1.54) is 0 Å². The predicted octanol–water partition coefficient (Wildman–Crippen LogP) is 1.74. The molecular weight excluding hydrogens is 190 g/mol. The fourth-order valence-corrected chi connectivity index (χ4v) is 1.55. The zero-order chi connectivity index (χ0) is 10.7. The number of aromatic nitrogens is 2. The maximum Gasteiger partial charge on any atom is 0.137 e. The summed E-state index contributed by atoms with van der Waals surface area (Å²) in [5, 5.41) is 10.2. The molecule has 4 heteroatoms. The Morgan fingerprint density at radius 2 is 2.33 bits per heavy atom. The van der Waals surface area contributed by atoms with Crippen molar-refractivity contribution in [1.29, 1.82) is 0 Å². The standard InChI is InChI=1S/C11H15N3O/c1-8-3-4-11(15-8)9-7-13-14-10(9)5-6-12-2/h3-4,7,12H,5-6H2,1-2H3,(H,13,14). The van der Waals surface area contributed by atoms with Gasteiger partial charge >= 0.3 is 0 Å². The lowest BCUT2D eigenvalue weighted by molar-refractivity contribution is 0.547. The minimum Gasteiger partial charge on any atom is -0.461 e. The summed E-state index contributed by atoms with van der Waals surface area (Å²) in [6.45, 7) is 2.87. The molecule has 0 unspecified atom stereocenters. The lowest BCUT2D eigenvalue weighted by Gasteiger charge is -1.99. The van der Waals surface area contributed by atoms with Crippen LogP contribution in [-0.4, -0.2) is 23.8 Å². The van der Waals surface area contributed by atoms with Gasteiger partial charge in [0.1, 0.15) is 11.5 Å². The predicted molar refractivity (Wildman–Crippen MR) is 58.7 cm³/mol. The number of hydrogen-bond donors (Lipinski definition) is 2. The van der Waals surface area contributed by atoms with Crippen molar-refractivity contribution in [3.05, 3.63) is 29.8 Å². The van der Waals surface area contributed by atoms with Gasteiger partial charge in [0.05, 0.1) is 11.8 Å². The molecule has 0 saturated heterocycles. The average Bonchev–Trinajstić information content (AvgIpc) is 2.82. The average molecular weight is 205 g/mol. The van der Waals surface area contributed by atoms with E-state index in [0.717, 1.165) is 35.7 Å². The topological polar surface area (TPSA) is 53.9 Å². The summed E-state index contributed by atoms with van der Waals surface area (Å²) < 4.78 is 5.57. The molecule has 2 aromatic rings. The molecule has 80 valence electrons. The van der Waals surface area contributed by atoms with Gasteiger partial charge in [-0.1, -0.05) is 0 Å². The molecule has 2 heterocycles. The zero-order valence-electron chi connectivity index (χ0n) is 9.00. The molecule has 4 nitrogen and oxygen atoms in total. The van der Waals surface area contributed by atoms with Crippen molar-refractivity contribution in [3.63, 3.8) is 0 Å². The molecular formula is C11H15N3O. The van der Waals surface area contributed by atoms with E-state index in [4.69, 9.17) is 4.42 Å². The van der Waals surface area contributed by atoms with Crippen LogP contribution in [0.1, 0.15) is 11.5 Å². The third-order valence-electron chi connectivity index (χ3n) is 2.35. The smallest absolute Gasteiger partial charge is 0.137 e. The number of furan rings is 1. The molecule has 0 fully saturated rings. The van der Waals surface area contributed by atoms with Crippen LogP contribution in [0.3, 0.4) is 0 Å². The summed E-state index contributed by atoms with van der Waals surface area (Å²) >= 11 is 0. The zero-order valence-corrected chi connectivity index (χ0v) is 9.00. The number of rotatable bonds is 4. The second kappa shape index (κ2) is 4.31. The van der Waals surface area contributed by atoms with Crippen molar-refractivity contribution in [2.24, 2.45) is 0 Å². The third-order valence-corrected chi connectivity index (χ3v) is 2.35. The van der Waals surface area contributed by atoms with Crippen LogP contribution in [0.15, 0.2) is 22.7 Å². The molecule has 15 heavy (non-hydrogen) atoms. The first kappa shape index (κ1) is 9.98. The highest BCUT2D eigenvalue weighted by molar-refractivity contribution is 5.59. The Kier molecular flexibility index (Phi) is 2.87. The summed E-state index contributed by atoms with van der Waals surface area (Å²) in [4.78, 5) is 0. The SMILES string of the molecule is CNCCc1[nH]ncc1-c1ccc(C)o1. The van der Waals surface area contributed by atoms with Gasteiger partial charge in [-0.25, -0.2) is 0 Å². The van der Waals surface area contributed by atoms with E-state index in [9.17, 15) is 0 Å². The van der Waals surface area contributed by atoms with Gasteiger partial charge in [0.25, 0.3) is 0 Å². The molecule has 0 spiro atoms. The van der Waals surface area contributed by atoms with E-state index in [2.05, 4.69) is 15.5 Å². The molecule has 0 aliphatic carbocycles. The van der Waals surface area contributed by atoms with Gasteiger partial charge in [-0.15, -0.1) is 0 Å². The first-order valence-electron chi connectivity index (χ1n) is 5.05. The molecule has 0 saturated carbocycles. The monoisotopic (exact) mass is 205 g/mol. The maximum atomic E-state index is 5.57. The Labute approximate surface area is 88.7 Å². The molecule has 0 atom stereocenters. The van der Waals surface area contributed by atoms with E-state index in [0.29, 0.717) is 0 Å². The summed E-state index contributed by atoms with van der Waals surface area (Å²) in [5.41, 5.74) is 2.16. The quantitative estimate of drug-likeness (QED) is 0.799. The number of hydrogen-bond acceptors (Lipinski definition) is 3. The fourth-order valence-electron chi connectivity index (χ4n) is 1.55. The van der Waals surface area contributed by atoms with E-state index in [-0.39, 0.29) is 0 Å². The lowest BCUT2D eigenvalue weighted by atomic mass is 10.1. The van der Waals surface area contributed by atoms with Crippen LogP contribution in [0.4, 0.5) is 0 Å². The number of H-pyrrole nitrogens is 1. The lowest BCUT2D eigenvalue weighted by Crippen LogP contribution is -2.10. The van der Waals surface area contributed by atoms with Gasteiger partial charge in [-0.2, -0.15) is 5.10 Å². The second-order valence-electron chi connectivity index (χ2n) is 3.53. The van der Waals surface area contributed by atoms with E-state index in [1.807, 2.05) is 32.3 Å². The van der Waals surface area contributed by atoms with Crippen molar-refractivity contribution in [3.8, 4) is 11.3 Å². The van der Waals surface area contributed by atoms with Crippen LogP contribution < -0.4 is 5.32 Å². The number of nitrogens with one attached hydrogen (secondary N) is 2. The summed E-state index contributed by atoms with van der Waals surface area (Å²) in [7, 11) is 1.94. The molecule has 2 aromatic heterocycles. The van der Waals surface area contributed by atoms with Crippen molar-refractivity contribution < 1.29 is 4.42 Å². The Bertz CT molecular complexity index is 430. The van der Waals surface area contributed by atoms with Crippen LogP contribution >= 0.6 is 0 Å². The largest absolute Gasteiger partial charge is 0.461 e. The van der Waals surface area contributed by atoms with Gasteiger partial charge in [0.2, 0.25) is 0 Å². The van der Waals surface area contributed by atoms with Crippen LogP contribution in [0.5, 0.6) is 0 Å². The Hall–Kier alpha value is -1.55. The van der Waals surface area contributed by atoms with Gasteiger partial charge < -0.3 is 9.73 Å². The molecule has 2 N–H and O–H groups in total. The number of nitrogens with zero attached hydrogens (tertiary/aromatic N) is 1. The molecule has 0 aliphatic heterocycles. The first-order valence-corrected chi connectivity index (χ1v) is 5.05. The molecule has 0 amide bonds.